The largest absolute Gasteiger partial charge is 0.509 e. The molecule has 1 aliphatic rings. The van der Waals surface area contributed by atoms with Crippen LogP contribution in [-0.4, -0.2) is 9.55 Å². The monoisotopic (exact) mass is 1390 g/mol. The van der Waals surface area contributed by atoms with Crippen LogP contribution in [0.3, 0.4) is 0 Å². The summed E-state index contributed by atoms with van der Waals surface area (Å²) in [6.45, 7) is 46.9. The van der Waals surface area contributed by atoms with Crippen LogP contribution in [0.25, 0.3) is 86.0 Å². The minimum Gasteiger partial charge on any atom is -0.509 e. The van der Waals surface area contributed by atoms with Gasteiger partial charge in [-0.25, -0.2) is 9.83 Å². The summed E-state index contributed by atoms with van der Waals surface area (Å²) in [4.78, 5) is 13.8. The van der Waals surface area contributed by atoms with Crippen molar-refractivity contribution in [2.45, 2.75) is 144 Å². The Labute approximate surface area is 557 Å². The summed E-state index contributed by atoms with van der Waals surface area (Å²) in [6.07, 6.45) is 1.92. The molecule has 91 heavy (non-hydrogen) atoms. The van der Waals surface area contributed by atoms with E-state index in [1.165, 1.54) is 38.9 Å². The SMILES string of the molecule is [C-]#[N+]c1cccc2c1sc1c2ccc2c1c1ccc(Oc3[c-]c(N4[CH-]N(c5c(-c6ccc(C(C)(C)C)cc6)cc(C(C)(C)C)cc5-c5ccc(C(C)(C)C)cc5)c5ccccc54)cc(-c4c(C(C)C)cccc4C(C)C)c3)[c-]c1n2-c1cc(C(C)(C)C)ccn1.[Pt]. The zero-order valence-electron chi connectivity index (χ0n) is 55.3. The molecule has 462 valence electrons. The van der Waals surface area contributed by atoms with Gasteiger partial charge in [-0.15, -0.1) is 65.0 Å². The maximum absolute atomic E-state index is 8.08. The second-order valence-corrected chi connectivity index (χ2v) is 30.3. The number of para-hydroxylation sites is 2. The Morgan fingerprint density at radius 1 is 0.516 bits per heavy atom. The van der Waals surface area contributed by atoms with E-state index in [9.17, 15) is 0 Å². The van der Waals surface area contributed by atoms with Gasteiger partial charge in [-0.1, -0.05) is 219 Å². The summed E-state index contributed by atoms with van der Waals surface area (Å²) in [5.74, 6) is 2.42. The Kier molecular flexibility index (Phi) is 16.2. The fourth-order valence-corrected chi connectivity index (χ4v) is 14.4. The number of anilines is 4. The summed E-state index contributed by atoms with van der Waals surface area (Å²) in [7, 11) is 0. The summed E-state index contributed by atoms with van der Waals surface area (Å²) in [5.41, 5.74) is 20.8. The van der Waals surface area contributed by atoms with E-state index in [0.29, 0.717) is 17.2 Å². The first-order chi connectivity index (χ1) is 42.7. The topological polar surface area (TPSA) is 37.9 Å². The van der Waals surface area contributed by atoms with Gasteiger partial charge >= 0.3 is 0 Å². The van der Waals surface area contributed by atoms with Crippen molar-refractivity contribution in [3.05, 3.63) is 240 Å². The van der Waals surface area contributed by atoms with E-state index in [1.54, 1.807) is 11.3 Å². The average Bonchev–Trinajstić information content (AvgIpc) is 1.67. The maximum atomic E-state index is 8.08. The number of aromatic nitrogens is 2. The third-order valence-corrected chi connectivity index (χ3v) is 19.4. The minimum atomic E-state index is -0.146. The molecule has 0 aliphatic carbocycles. The molecule has 3 aromatic heterocycles. The van der Waals surface area contributed by atoms with Crippen molar-refractivity contribution in [2.75, 3.05) is 9.80 Å². The number of benzene rings is 9. The van der Waals surface area contributed by atoms with Crippen LogP contribution in [0.1, 0.15) is 156 Å². The smallest absolute Gasteiger partial charge is 0.204 e. The second-order valence-electron chi connectivity index (χ2n) is 29.3. The van der Waals surface area contributed by atoms with Gasteiger partial charge in [0.15, 0.2) is 0 Å². The number of hydrogen-bond donors (Lipinski definition) is 0. The van der Waals surface area contributed by atoms with Crippen LogP contribution in [0.2, 0.25) is 0 Å². The van der Waals surface area contributed by atoms with Gasteiger partial charge < -0.3 is 19.1 Å². The van der Waals surface area contributed by atoms with Crippen molar-refractivity contribution < 1.29 is 25.8 Å². The molecule has 0 saturated carbocycles. The van der Waals surface area contributed by atoms with Gasteiger partial charge in [0.1, 0.15) is 5.82 Å². The molecule has 0 N–H and O–H groups in total. The Balaban J connectivity index is 0.00000800. The summed E-state index contributed by atoms with van der Waals surface area (Å²) in [6, 6.07) is 70.2. The third kappa shape index (κ3) is 11.5. The fourth-order valence-electron chi connectivity index (χ4n) is 13.0. The molecule has 0 fully saturated rings. The Bertz CT molecular complexity index is 4730. The van der Waals surface area contributed by atoms with Crippen LogP contribution in [0.4, 0.5) is 28.4 Å². The molecule has 0 radical (unpaired) electrons. The molecule has 0 bridgehead atoms. The van der Waals surface area contributed by atoms with Crippen molar-refractivity contribution in [3.63, 3.8) is 0 Å². The van der Waals surface area contributed by atoms with Crippen LogP contribution in [0.5, 0.6) is 11.5 Å². The molecule has 9 aromatic carbocycles. The van der Waals surface area contributed by atoms with E-state index in [0.717, 1.165) is 98.4 Å². The van der Waals surface area contributed by atoms with E-state index in [4.69, 9.17) is 16.3 Å². The van der Waals surface area contributed by atoms with Gasteiger partial charge in [0.05, 0.1) is 6.57 Å². The first-order valence-electron chi connectivity index (χ1n) is 31.8. The van der Waals surface area contributed by atoms with Crippen LogP contribution >= 0.6 is 11.3 Å². The van der Waals surface area contributed by atoms with Gasteiger partial charge in [-0.2, -0.15) is 6.07 Å². The van der Waals surface area contributed by atoms with Crippen molar-refractivity contribution >= 4 is 81.8 Å². The molecule has 6 nitrogen and oxygen atoms in total. The predicted octanol–water partition coefficient (Wildman–Crippen LogP) is 24.3. The van der Waals surface area contributed by atoms with Crippen LogP contribution in [0.15, 0.2) is 176 Å². The summed E-state index contributed by atoms with van der Waals surface area (Å²) < 4.78 is 11.7. The Morgan fingerprint density at radius 2 is 1.08 bits per heavy atom. The first-order valence-corrected chi connectivity index (χ1v) is 32.6. The van der Waals surface area contributed by atoms with Crippen molar-refractivity contribution in [1.29, 1.82) is 0 Å². The number of thiophene rings is 1. The van der Waals surface area contributed by atoms with E-state index in [2.05, 4.69) is 307 Å². The van der Waals surface area contributed by atoms with E-state index in [1.807, 2.05) is 18.3 Å². The van der Waals surface area contributed by atoms with Gasteiger partial charge in [-0.3, -0.25) is 0 Å². The van der Waals surface area contributed by atoms with Gasteiger partial charge in [0.25, 0.3) is 0 Å². The van der Waals surface area contributed by atoms with Crippen molar-refractivity contribution in [3.8, 4) is 50.7 Å². The van der Waals surface area contributed by atoms with E-state index >= 15 is 0 Å². The number of nitrogens with zero attached hydrogens (tertiary/aromatic N) is 5. The molecule has 0 atom stereocenters. The normalized spacial score (nSPS) is 13.1. The van der Waals surface area contributed by atoms with Gasteiger partial charge in [0.2, 0.25) is 5.69 Å². The van der Waals surface area contributed by atoms with Gasteiger partial charge in [-0.05, 0) is 142 Å². The maximum Gasteiger partial charge on any atom is 0.204 e. The van der Waals surface area contributed by atoms with Gasteiger partial charge in [0, 0.05) is 81.9 Å². The molecular weight excluding hydrogens is 1310 g/mol. The van der Waals surface area contributed by atoms with Crippen LogP contribution in [-0.2, 0) is 42.7 Å². The number of pyridine rings is 1. The minimum absolute atomic E-state index is 0. The standard InChI is InChI=1S/C83H80N5OS.Pt/c1-50(2)62-22-20-23-63(51(3)4)75(62)54-42-59(47-61(43-54)89-60-36-37-66-73(48-60)88(74-46-57(40-41-85-74)82(11,12)13)72-39-38-65-64-24-21-25-69(84-17)78(64)90-79(65)76(66)72)86-49-87(71-27-19-18-26-70(71)86)77-67(52-28-32-55(33-29-52)80(5,6)7)44-58(83(14,15)16)45-68(77)53-30-34-56(35-31-53)81(8,9)10;/h18-46,49-51H,1-16H3;/q-3;. The molecule has 13 rings (SSSR count). The molecule has 0 spiro atoms. The first kappa shape index (κ1) is 62.9. The molecule has 12 aromatic rings. The molecular formula is C83H80N5OPtS-3. The molecule has 4 heterocycles. The quantitative estimate of drug-likeness (QED) is 0.128. The molecule has 0 amide bonds. The summed E-state index contributed by atoms with van der Waals surface area (Å²) in [5, 5.41) is 4.35. The zero-order chi connectivity index (χ0) is 63.5. The second kappa shape index (κ2) is 23.4. The molecule has 0 unspecified atom stereocenters. The Hall–Kier alpha value is -8.27. The number of hydrogen-bond acceptors (Lipinski definition) is 5. The van der Waals surface area contributed by atoms with E-state index < -0.39 is 0 Å². The predicted molar refractivity (Wildman–Crippen MR) is 383 cm³/mol. The number of fused-ring (bicyclic) bond motifs is 8. The molecule has 1 aliphatic heterocycles. The molecule has 0 saturated heterocycles. The third-order valence-electron chi connectivity index (χ3n) is 18.2. The van der Waals surface area contributed by atoms with Crippen molar-refractivity contribution in [2.24, 2.45) is 0 Å². The fraction of sp³-hybridized carbons (Fsp3) is 0.265. The molecule has 8 heteroatoms. The van der Waals surface area contributed by atoms with Crippen LogP contribution in [0, 0.1) is 25.4 Å². The van der Waals surface area contributed by atoms with E-state index in [-0.39, 0.29) is 54.6 Å². The number of ether oxygens (including phenoxy) is 1. The zero-order valence-corrected chi connectivity index (χ0v) is 58.4. The summed E-state index contributed by atoms with van der Waals surface area (Å²) >= 11 is 1.69. The number of rotatable bonds is 10. The Morgan fingerprint density at radius 3 is 1.65 bits per heavy atom. The van der Waals surface area contributed by atoms with Crippen LogP contribution < -0.4 is 14.5 Å². The van der Waals surface area contributed by atoms with Crippen molar-refractivity contribution in [1.82, 2.24) is 9.55 Å². The average molecular weight is 1390 g/mol.